The molecule has 2 amide bonds. The summed E-state index contributed by atoms with van der Waals surface area (Å²) < 4.78 is 5.38. The fourth-order valence-corrected chi connectivity index (χ4v) is 1.91. The summed E-state index contributed by atoms with van der Waals surface area (Å²) in [6.07, 6.45) is 0.379. The Labute approximate surface area is 135 Å². The number of hydrogen-bond acceptors (Lipinski definition) is 4. The first-order valence-electron chi connectivity index (χ1n) is 7.41. The van der Waals surface area contributed by atoms with Crippen molar-refractivity contribution in [2.45, 2.75) is 19.8 Å². The van der Waals surface area contributed by atoms with Crippen LogP contribution in [0.5, 0.6) is 5.75 Å². The molecule has 0 aliphatic carbocycles. The lowest BCUT2D eigenvalue weighted by Gasteiger charge is -2.17. The molecule has 2 N–H and O–H groups in total. The van der Waals surface area contributed by atoms with Crippen LogP contribution >= 0.6 is 0 Å². The number of amides is 2. The minimum atomic E-state index is -0.897. The van der Waals surface area contributed by atoms with Crippen molar-refractivity contribution in [1.29, 1.82) is 0 Å². The van der Waals surface area contributed by atoms with E-state index in [0.717, 1.165) is 0 Å². The Bertz CT molecular complexity index is 559. The van der Waals surface area contributed by atoms with Crippen molar-refractivity contribution in [3.05, 3.63) is 29.8 Å². The Morgan fingerprint density at radius 1 is 1.26 bits per heavy atom. The molecule has 0 saturated heterocycles. The van der Waals surface area contributed by atoms with Crippen LogP contribution in [0.1, 0.15) is 30.1 Å². The summed E-state index contributed by atoms with van der Waals surface area (Å²) in [5, 5.41) is 11.1. The van der Waals surface area contributed by atoms with E-state index >= 15 is 0 Å². The van der Waals surface area contributed by atoms with Crippen LogP contribution in [0, 0.1) is 0 Å². The third kappa shape index (κ3) is 6.37. The number of para-hydroxylation sites is 1. The zero-order valence-electron chi connectivity index (χ0n) is 13.4. The number of nitrogens with one attached hydrogen (secondary N) is 1. The molecule has 1 aromatic carbocycles. The minimum absolute atomic E-state index is 0.00567. The van der Waals surface area contributed by atoms with E-state index in [1.807, 2.05) is 6.92 Å². The summed E-state index contributed by atoms with van der Waals surface area (Å²) >= 11 is 0. The molecule has 0 fully saturated rings. The lowest BCUT2D eigenvalue weighted by Crippen LogP contribution is -2.38. The quantitative estimate of drug-likeness (QED) is 0.711. The summed E-state index contributed by atoms with van der Waals surface area (Å²) in [6, 6.07) is 6.81. The van der Waals surface area contributed by atoms with Crippen molar-refractivity contribution >= 4 is 17.8 Å². The van der Waals surface area contributed by atoms with E-state index in [-0.39, 0.29) is 24.8 Å². The van der Waals surface area contributed by atoms with Gasteiger partial charge in [0, 0.05) is 20.0 Å². The molecule has 0 unspecified atom stereocenters. The Kier molecular flexibility index (Phi) is 7.59. The Morgan fingerprint density at radius 2 is 1.96 bits per heavy atom. The molecule has 0 heterocycles. The van der Waals surface area contributed by atoms with Crippen molar-refractivity contribution in [2.75, 3.05) is 26.7 Å². The number of carboxylic acids is 1. The number of hydrogen-bond donors (Lipinski definition) is 2. The van der Waals surface area contributed by atoms with Crippen molar-refractivity contribution in [3.63, 3.8) is 0 Å². The van der Waals surface area contributed by atoms with Crippen LogP contribution in [-0.2, 0) is 9.59 Å². The number of likely N-dealkylation sites (N-methyl/N-ethyl adjacent to an activating group) is 1. The van der Waals surface area contributed by atoms with Crippen LogP contribution in [0.25, 0.3) is 0 Å². The van der Waals surface area contributed by atoms with Gasteiger partial charge in [-0.05, 0) is 25.5 Å². The van der Waals surface area contributed by atoms with Crippen molar-refractivity contribution in [1.82, 2.24) is 10.2 Å². The first-order valence-corrected chi connectivity index (χ1v) is 7.41. The van der Waals surface area contributed by atoms with Crippen molar-refractivity contribution < 1.29 is 24.2 Å². The standard InChI is InChI=1S/C16H22N2O5/c1-3-23-13-8-5-4-7-12(13)16(22)17-11-14(19)18(2)10-6-9-15(20)21/h4-5,7-8H,3,6,9-11H2,1-2H3,(H,17,22)(H,20,21). The van der Waals surface area contributed by atoms with Crippen LogP contribution in [0.15, 0.2) is 24.3 Å². The first kappa shape index (κ1) is 18.5. The monoisotopic (exact) mass is 322 g/mol. The Balaban J connectivity index is 2.49. The number of ether oxygens (including phenoxy) is 1. The van der Waals surface area contributed by atoms with Gasteiger partial charge < -0.3 is 20.1 Å². The number of carbonyl (C=O) groups is 3. The maximum Gasteiger partial charge on any atom is 0.303 e. The van der Waals surface area contributed by atoms with Gasteiger partial charge in [-0.3, -0.25) is 14.4 Å². The molecule has 7 nitrogen and oxygen atoms in total. The molecule has 0 aliphatic rings. The lowest BCUT2D eigenvalue weighted by atomic mass is 10.2. The van der Waals surface area contributed by atoms with E-state index < -0.39 is 5.97 Å². The highest BCUT2D eigenvalue weighted by molar-refractivity contribution is 5.98. The van der Waals surface area contributed by atoms with Gasteiger partial charge in [0.05, 0.1) is 18.7 Å². The van der Waals surface area contributed by atoms with E-state index in [1.165, 1.54) is 4.90 Å². The normalized spacial score (nSPS) is 10.0. The number of benzene rings is 1. The molecular formula is C16H22N2O5. The van der Waals surface area contributed by atoms with Gasteiger partial charge in [0.2, 0.25) is 5.91 Å². The molecule has 0 bridgehead atoms. The number of nitrogens with zero attached hydrogens (tertiary/aromatic N) is 1. The van der Waals surface area contributed by atoms with Gasteiger partial charge in [0.25, 0.3) is 5.91 Å². The van der Waals surface area contributed by atoms with Gasteiger partial charge in [-0.15, -0.1) is 0 Å². The maximum atomic E-state index is 12.1. The second-order valence-corrected chi connectivity index (χ2v) is 4.92. The van der Waals surface area contributed by atoms with E-state index in [0.29, 0.717) is 30.9 Å². The molecule has 0 saturated carbocycles. The lowest BCUT2D eigenvalue weighted by molar-refractivity contribution is -0.137. The molecule has 126 valence electrons. The predicted octanol–water partition coefficient (Wildman–Crippen LogP) is 1.14. The number of carboxylic acid groups (broad SMARTS) is 1. The fourth-order valence-electron chi connectivity index (χ4n) is 1.91. The third-order valence-electron chi connectivity index (χ3n) is 3.14. The minimum Gasteiger partial charge on any atom is -0.493 e. The number of aliphatic carboxylic acids is 1. The molecule has 23 heavy (non-hydrogen) atoms. The van der Waals surface area contributed by atoms with Gasteiger partial charge in [0.15, 0.2) is 0 Å². The van der Waals surface area contributed by atoms with E-state index in [1.54, 1.807) is 31.3 Å². The summed E-state index contributed by atoms with van der Waals surface area (Å²) in [5.74, 6) is -1.10. The molecular weight excluding hydrogens is 300 g/mol. The zero-order valence-corrected chi connectivity index (χ0v) is 13.4. The highest BCUT2D eigenvalue weighted by atomic mass is 16.5. The fraction of sp³-hybridized carbons (Fsp3) is 0.438. The molecule has 1 rings (SSSR count). The summed E-state index contributed by atoms with van der Waals surface area (Å²) in [4.78, 5) is 35.9. The Hall–Kier alpha value is -2.57. The van der Waals surface area contributed by atoms with Crippen molar-refractivity contribution in [2.24, 2.45) is 0 Å². The van der Waals surface area contributed by atoms with Crippen LogP contribution < -0.4 is 10.1 Å². The van der Waals surface area contributed by atoms with E-state index in [2.05, 4.69) is 5.32 Å². The second-order valence-electron chi connectivity index (χ2n) is 4.92. The summed E-state index contributed by atoms with van der Waals surface area (Å²) in [7, 11) is 1.57. The van der Waals surface area contributed by atoms with Gasteiger partial charge in [0.1, 0.15) is 5.75 Å². The average molecular weight is 322 g/mol. The van der Waals surface area contributed by atoms with Crippen molar-refractivity contribution in [3.8, 4) is 5.75 Å². The highest BCUT2D eigenvalue weighted by Gasteiger charge is 2.15. The van der Waals surface area contributed by atoms with Crippen LogP contribution in [0.2, 0.25) is 0 Å². The van der Waals surface area contributed by atoms with Gasteiger partial charge in [-0.25, -0.2) is 0 Å². The van der Waals surface area contributed by atoms with E-state index in [9.17, 15) is 14.4 Å². The number of rotatable bonds is 9. The second kappa shape index (κ2) is 9.45. The van der Waals surface area contributed by atoms with E-state index in [4.69, 9.17) is 9.84 Å². The Morgan fingerprint density at radius 3 is 2.61 bits per heavy atom. The molecule has 7 heteroatoms. The first-order chi connectivity index (χ1) is 11.0. The predicted molar refractivity (Wildman–Crippen MR) is 84.5 cm³/mol. The molecule has 0 aliphatic heterocycles. The molecule has 0 spiro atoms. The maximum absolute atomic E-state index is 12.1. The van der Waals surface area contributed by atoms with Crippen LogP contribution in [-0.4, -0.2) is 54.5 Å². The van der Waals surface area contributed by atoms with Gasteiger partial charge in [-0.2, -0.15) is 0 Å². The highest BCUT2D eigenvalue weighted by Crippen LogP contribution is 2.17. The molecule has 1 aromatic rings. The third-order valence-corrected chi connectivity index (χ3v) is 3.14. The molecule has 0 aromatic heterocycles. The smallest absolute Gasteiger partial charge is 0.303 e. The SMILES string of the molecule is CCOc1ccccc1C(=O)NCC(=O)N(C)CCCC(=O)O. The van der Waals surface area contributed by atoms with Crippen LogP contribution in [0.4, 0.5) is 0 Å². The summed E-state index contributed by atoms with van der Waals surface area (Å²) in [6.45, 7) is 2.44. The number of carbonyl (C=O) groups excluding carboxylic acids is 2. The molecule has 0 atom stereocenters. The topological polar surface area (TPSA) is 95.9 Å². The zero-order chi connectivity index (χ0) is 17.2. The summed E-state index contributed by atoms with van der Waals surface area (Å²) in [5.41, 5.74) is 0.371. The van der Waals surface area contributed by atoms with Gasteiger partial charge >= 0.3 is 5.97 Å². The van der Waals surface area contributed by atoms with Gasteiger partial charge in [-0.1, -0.05) is 12.1 Å². The van der Waals surface area contributed by atoms with Crippen LogP contribution in [0.3, 0.4) is 0 Å². The average Bonchev–Trinajstić information content (AvgIpc) is 2.52. The largest absolute Gasteiger partial charge is 0.493 e. The molecule has 0 radical (unpaired) electrons.